The summed E-state index contributed by atoms with van der Waals surface area (Å²) >= 11 is 0. The van der Waals surface area contributed by atoms with Crippen LogP contribution in [0.1, 0.15) is 25.6 Å². The average molecular weight is 267 g/mol. The number of fused-ring (bicyclic) bond motifs is 1. The first kappa shape index (κ1) is 14.0. The molecule has 0 fully saturated rings. The van der Waals surface area contributed by atoms with Crippen LogP contribution in [0, 0.1) is 0 Å². The van der Waals surface area contributed by atoms with Gasteiger partial charge in [-0.3, -0.25) is 9.69 Å². The summed E-state index contributed by atoms with van der Waals surface area (Å²) in [5, 5.41) is 20.2. The Kier molecular flexibility index (Phi) is 4.86. The number of nitrogens with zero attached hydrogens (tertiary/aromatic N) is 4. The zero-order valence-electron chi connectivity index (χ0n) is 11.2. The second kappa shape index (κ2) is 6.63. The van der Waals surface area contributed by atoms with Crippen LogP contribution in [0.25, 0.3) is 0 Å². The number of hydrogen-bond acceptors (Lipinski definition) is 5. The maximum Gasteiger partial charge on any atom is 0.320 e. The molecule has 1 aliphatic heterocycles. The quantitative estimate of drug-likeness (QED) is 0.720. The Hall–Kier alpha value is -1.47. The average Bonchev–Trinajstić information content (AvgIpc) is 2.85. The molecule has 0 saturated carbocycles. The van der Waals surface area contributed by atoms with E-state index in [1.54, 1.807) is 6.33 Å². The van der Waals surface area contributed by atoms with Crippen LogP contribution in [0.5, 0.6) is 0 Å². The van der Waals surface area contributed by atoms with Crippen LogP contribution in [0.4, 0.5) is 0 Å². The van der Waals surface area contributed by atoms with Gasteiger partial charge in [-0.05, 0) is 19.4 Å². The predicted octanol–water partition coefficient (Wildman–Crippen LogP) is -0.0634. The van der Waals surface area contributed by atoms with Gasteiger partial charge in [-0.2, -0.15) is 0 Å². The van der Waals surface area contributed by atoms with Gasteiger partial charge in [-0.15, -0.1) is 10.2 Å². The number of aromatic nitrogens is 3. The summed E-state index contributed by atoms with van der Waals surface area (Å²) in [6, 6.07) is -0.459. The van der Waals surface area contributed by atoms with E-state index in [0.29, 0.717) is 6.42 Å². The van der Waals surface area contributed by atoms with Gasteiger partial charge in [0.1, 0.15) is 18.2 Å². The smallest absolute Gasteiger partial charge is 0.320 e. The van der Waals surface area contributed by atoms with E-state index in [1.807, 2.05) is 11.5 Å². The zero-order chi connectivity index (χ0) is 13.7. The number of nitrogens with one attached hydrogen (secondary N) is 1. The highest BCUT2D eigenvalue weighted by molar-refractivity contribution is 5.73. The molecular formula is C12H21N5O2. The van der Waals surface area contributed by atoms with E-state index >= 15 is 0 Å². The van der Waals surface area contributed by atoms with Crippen molar-refractivity contribution >= 4 is 5.97 Å². The standard InChI is InChI=1S/C12H21N5O2/c1-2-4-13-10(12(18)19)3-5-16-6-7-17-9-14-15-11(17)8-16/h9-10,13H,2-8H2,1H3,(H,18,19). The van der Waals surface area contributed by atoms with Crippen LogP contribution in [0.3, 0.4) is 0 Å². The minimum absolute atomic E-state index is 0.459. The summed E-state index contributed by atoms with van der Waals surface area (Å²) in [4.78, 5) is 13.4. The predicted molar refractivity (Wildman–Crippen MR) is 69.6 cm³/mol. The Balaban J connectivity index is 1.80. The number of rotatable bonds is 7. The van der Waals surface area contributed by atoms with Crippen LogP contribution in [0.15, 0.2) is 6.33 Å². The topological polar surface area (TPSA) is 83.3 Å². The maximum absolute atomic E-state index is 11.1. The first-order valence-corrected chi connectivity index (χ1v) is 6.76. The van der Waals surface area contributed by atoms with Crippen LogP contribution >= 0.6 is 0 Å². The molecular weight excluding hydrogens is 246 g/mol. The van der Waals surface area contributed by atoms with Crippen molar-refractivity contribution in [3.8, 4) is 0 Å². The second-order valence-corrected chi connectivity index (χ2v) is 4.85. The number of carboxylic acid groups (broad SMARTS) is 1. The van der Waals surface area contributed by atoms with Gasteiger partial charge in [0.15, 0.2) is 0 Å². The molecule has 106 valence electrons. The molecule has 0 radical (unpaired) electrons. The molecule has 1 aromatic heterocycles. The van der Waals surface area contributed by atoms with Crippen molar-refractivity contribution in [3.05, 3.63) is 12.2 Å². The highest BCUT2D eigenvalue weighted by Crippen LogP contribution is 2.10. The van der Waals surface area contributed by atoms with Crippen LogP contribution in [0.2, 0.25) is 0 Å². The maximum atomic E-state index is 11.1. The third-order valence-corrected chi connectivity index (χ3v) is 3.39. The normalized spacial score (nSPS) is 17.1. The Labute approximate surface area is 112 Å². The molecule has 1 unspecified atom stereocenters. The van der Waals surface area contributed by atoms with Crippen LogP contribution in [-0.2, 0) is 17.9 Å². The minimum atomic E-state index is -0.770. The van der Waals surface area contributed by atoms with Gasteiger partial charge in [0.25, 0.3) is 0 Å². The molecule has 0 aromatic carbocycles. The van der Waals surface area contributed by atoms with Gasteiger partial charge in [0, 0.05) is 19.6 Å². The van der Waals surface area contributed by atoms with Gasteiger partial charge in [-0.1, -0.05) is 6.92 Å². The fraction of sp³-hybridized carbons (Fsp3) is 0.750. The van der Waals surface area contributed by atoms with Crippen LogP contribution in [-0.4, -0.2) is 56.4 Å². The van der Waals surface area contributed by atoms with Crippen molar-refractivity contribution in [3.63, 3.8) is 0 Å². The second-order valence-electron chi connectivity index (χ2n) is 4.85. The Bertz CT molecular complexity index is 420. The lowest BCUT2D eigenvalue weighted by Crippen LogP contribution is -2.42. The van der Waals surface area contributed by atoms with Gasteiger partial charge in [-0.25, -0.2) is 0 Å². The molecule has 0 bridgehead atoms. The SMILES string of the molecule is CCCNC(CCN1CCn2cnnc2C1)C(=O)O. The van der Waals surface area contributed by atoms with Crippen molar-refractivity contribution in [1.29, 1.82) is 0 Å². The van der Waals surface area contributed by atoms with E-state index < -0.39 is 12.0 Å². The molecule has 0 saturated heterocycles. The highest BCUT2D eigenvalue weighted by Gasteiger charge is 2.21. The third-order valence-electron chi connectivity index (χ3n) is 3.39. The van der Waals surface area contributed by atoms with E-state index in [1.165, 1.54) is 0 Å². The van der Waals surface area contributed by atoms with Crippen molar-refractivity contribution in [2.24, 2.45) is 0 Å². The molecule has 7 nitrogen and oxygen atoms in total. The molecule has 2 N–H and O–H groups in total. The molecule has 1 aliphatic rings. The summed E-state index contributed by atoms with van der Waals surface area (Å²) in [6.45, 7) is 6.09. The summed E-state index contributed by atoms with van der Waals surface area (Å²) < 4.78 is 2.04. The monoisotopic (exact) mass is 267 g/mol. The van der Waals surface area contributed by atoms with Gasteiger partial charge in [0.05, 0.1) is 6.54 Å². The van der Waals surface area contributed by atoms with Crippen molar-refractivity contribution in [2.75, 3.05) is 19.6 Å². The van der Waals surface area contributed by atoms with Crippen molar-refractivity contribution < 1.29 is 9.90 Å². The number of carbonyl (C=O) groups is 1. The Morgan fingerprint density at radius 2 is 2.42 bits per heavy atom. The van der Waals surface area contributed by atoms with Gasteiger partial charge in [0.2, 0.25) is 0 Å². The number of carboxylic acids is 1. The molecule has 0 amide bonds. The summed E-state index contributed by atoms with van der Waals surface area (Å²) in [5.41, 5.74) is 0. The fourth-order valence-corrected chi connectivity index (χ4v) is 2.25. The molecule has 7 heteroatoms. The minimum Gasteiger partial charge on any atom is -0.480 e. The van der Waals surface area contributed by atoms with Crippen molar-refractivity contribution in [1.82, 2.24) is 25.0 Å². The van der Waals surface area contributed by atoms with Crippen molar-refractivity contribution in [2.45, 2.75) is 38.9 Å². The molecule has 2 heterocycles. The van der Waals surface area contributed by atoms with E-state index in [2.05, 4.69) is 20.4 Å². The van der Waals surface area contributed by atoms with E-state index in [4.69, 9.17) is 5.11 Å². The summed E-state index contributed by atoms with van der Waals surface area (Å²) in [7, 11) is 0. The lowest BCUT2D eigenvalue weighted by molar-refractivity contribution is -0.139. The summed E-state index contributed by atoms with van der Waals surface area (Å²) in [6.07, 6.45) is 3.30. The fourth-order valence-electron chi connectivity index (χ4n) is 2.25. The molecule has 19 heavy (non-hydrogen) atoms. The third kappa shape index (κ3) is 3.74. The zero-order valence-corrected chi connectivity index (χ0v) is 11.2. The summed E-state index contributed by atoms with van der Waals surface area (Å²) in [5.74, 6) is 0.188. The first-order valence-electron chi connectivity index (χ1n) is 6.76. The van der Waals surface area contributed by atoms with Crippen LogP contribution < -0.4 is 5.32 Å². The lowest BCUT2D eigenvalue weighted by atomic mass is 10.2. The molecule has 0 spiro atoms. The molecule has 1 atom stereocenters. The molecule has 1 aromatic rings. The van der Waals surface area contributed by atoms with Gasteiger partial charge < -0.3 is 15.0 Å². The lowest BCUT2D eigenvalue weighted by Gasteiger charge is -2.27. The van der Waals surface area contributed by atoms with E-state index in [-0.39, 0.29) is 0 Å². The molecule has 2 rings (SSSR count). The number of hydrogen-bond donors (Lipinski definition) is 2. The largest absolute Gasteiger partial charge is 0.480 e. The first-order chi connectivity index (χ1) is 9.20. The Morgan fingerprint density at radius 3 is 3.16 bits per heavy atom. The molecule has 0 aliphatic carbocycles. The highest BCUT2D eigenvalue weighted by atomic mass is 16.4. The Morgan fingerprint density at radius 1 is 1.58 bits per heavy atom. The number of aliphatic carboxylic acids is 1. The van der Waals surface area contributed by atoms with Gasteiger partial charge >= 0.3 is 5.97 Å². The van der Waals surface area contributed by atoms with E-state index in [9.17, 15) is 4.79 Å². The van der Waals surface area contributed by atoms with E-state index in [0.717, 1.165) is 45.0 Å².